The third-order valence-electron chi connectivity index (χ3n) is 3.88. The summed E-state index contributed by atoms with van der Waals surface area (Å²) in [4.78, 5) is 28.1. The van der Waals surface area contributed by atoms with Gasteiger partial charge in [0.05, 0.1) is 0 Å². The summed E-state index contributed by atoms with van der Waals surface area (Å²) in [5.41, 5.74) is 2.90. The van der Waals surface area contributed by atoms with Crippen LogP contribution in [-0.4, -0.2) is 23.5 Å². The molecule has 2 aromatic carbocycles. The van der Waals surface area contributed by atoms with E-state index in [9.17, 15) is 14.0 Å². The Morgan fingerprint density at radius 2 is 1.89 bits per heavy atom. The van der Waals surface area contributed by atoms with Crippen LogP contribution in [0.4, 0.5) is 4.39 Å². The first-order valence-corrected chi connectivity index (χ1v) is 9.10. The van der Waals surface area contributed by atoms with E-state index in [-0.39, 0.29) is 24.0 Å². The highest BCUT2D eigenvalue weighted by Crippen LogP contribution is 2.24. The largest absolute Gasteiger partial charge is 0.451 e. The summed E-state index contributed by atoms with van der Waals surface area (Å²) in [5.74, 6) is -1.40. The molecule has 0 saturated carbocycles. The van der Waals surface area contributed by atoms with Crippen LogP contribution in [0.2, 0.25) is 0 Å². The van der Waals surface area contributed by atoms with E-state index in [4.69, 9.17) is 4.74 Å². The smallest absolute Gasteiger partial charge is 0.358 e. The van der Waals surface area contributed by atoms with Gasteiger partial charge in [0.2, 0.25) is 0 Å². The Kier molecular flexibility index (Phi) is 5.93. The molecule has 1 aromatic heterocycles. The fourth-order valence-electron chi connectivity index (χ4n) is 2.35. The summed E-state index contributed by atoms with van der Waals surface area (Å²) < 4.78 is 18.0. The van der Waals surface area contributed by atoms with E-state index in [0.717, 1.165) is 11.1 Å². The van der Waals surface area contributed by atoms with Crippen LogP contribution in [0.25, 0.3) is 10.6 Å². The number of nitrogens with one attached hydrogen (secondary N) is 1. The van der Waals surface area contributed by atoms with E-state index in [1.165, 1.54) is 23.5 Å². The number of halogens is 1. The molecule has 0 saturated heterocycles. The number of amides is 1. The maximum absolute atomic E-state index is 13.0. The molecule has 0 aliphatic rings. The SMILES string of the molecule is Cc1ccccc1CNC(=O)COC(=O)c1csc(-c2ccc(F)cc2)n1. The van der Waals surface area contributed by atoms with Crippen molar-refractivity contribution in [2.75, 3.05) is 6.61 Å². The highest BCUT2D eigenvalue weighted by molar-refractivity contribution is 7.13. The van der Waals surface area contributed by atoms with Crippen LogP contribution in [0.15, 0.2) is 53.9 Å². The number of ether oxygens (including phenoxy) is 1. The minimum Gasteiger partial charge on any atom is -0.451 e. The van der Waals surface area contributed by atoms with Crippen molar-refractivity contribution in [3.05, 3.63) is 76.5 Å². The number of hydrogen-bond acceptors (Lipinski definition) is 5. The quantitative estimate of drug-likeness (QED) is 0.658. The van der Waals surface area contributed by atoms with Crippen LogP contribution in [-0.2, 0) is 16.1 Å². The topological polar surface area (TPSA) is 68.3 Å². The fourth-order valence-corrected chi connectivity index (χ4v) is 3.15. The minimum absolute atomic E-state index is 0.117. The van der Waals surface area contributed by atoms with Crippen molar-refractivity contribution >= 4 is 23.2 Å². The van der Waals surface area contributed by atoms with Gasteiger partial charge in [-0.05, 0) is 42.3 Å². The van der Waals surface area contributed by atoms with Gasteiger partial charge in [-0.15, -0.1) is 11.3 Å². The molecule has 0 spiro atoms. The Bertz CT molecular complexity index is 954. The third kappa shape index (κ3) is 4.98. The Labute approximate surface area is 159 Å². The van der Waals surface area contributed by atoms with Crippen molar-refractivity contribution in [1.29, 1.82) is 0 Å². The fraction of sp³-hybridized carbons (Fsp3) is 0.150. The van der Waals surface area contributed by atoms with Crippen LogP contribution in [0.3, 0.4) is 0 Å². The van der Waals surface area contributed by atoms with Crippen LogP contribution in [0.5, 0.6) is 0 Å². The van der Waals surface area contributed by atoms with Crippen molar-refractivity contribution in [1.82, 2.24) is 10.3 Å². The molecule has 0 radical (unpaired) electrons. The third-order valence-corrected chi connectivity index (χ3v) is 4.77. The number of thiazole rings is 1. The summed E-state index contributed by atoms with van der Waals surface area (Å²) in [6.45, 7) is 1.95. The molecule has 1 amide bonds. The molecule has 1 heterocycles. The lowest BCUT2D eigenvalue weighted by Gasteiger charge is -2.08. The predicted molar refractivity (Wildman–Crippen MR) is 101 cm³/mol. The van der Waals surface area contributed by atoms with Gasteiger partial charge in [0, 0.05) is 17.5 Å². The van der Waals surface area contributed by atoms with E-state index in [0.29, 0.717) is 17.1 Å². The van der Waals surface area contributed by atoms with Crippen LogP contribution in [0.1, 0.15) is 21.6 Å². The Morgan fingerprint density at radius 1 is 1.15 bits per heavy atom. The Hall–Kier alpha value is -3.06. The molecule has 138 valence electrons. The zero-order chi connectivity index (χ0) is 19.2. The highest BCUT2D eigenvalue weighted by Gasteiger charge is 2.15. The van der Waals surface area contributed by atoms with E-state index in [1.807, 2.05) is 31.2 Å². The molecule has 1 N–H and O–H groups in total. The second-order valence-electron chi connectivity index (χ2n) is 5.82. The second kappa shape index (κ2) is 8.55. The minimum atomic E-state index is -0.675. The average molecular weight is 384 g/mol. The number of carbonyl (C=O) groups excluding carboxylic acids is 2. The van der Waals surface area contributed by atoms with E-state index < -0.39 is 5.97 Å². The molecular weight excluding hydrogens is 367 g/mol. The number of aromatic nitrogens is 1. The zero-order valence-electron chi connectivity index (χ0n) is 14.6. The summed E-state index contributed by atoms with van der Waals surface area (Å²) in [6, 6.07) is 13.5. The van der Waals surface area contributed by atoms with Crippen molar-refractivity contribution in [2.45, 2.75) is 13.5 Å². The predicted octanol–water partition coefficient (Wildman–Crippen LogP) is 3.73. The summed E-state index contributed by atoms with van der Waals surface area (Å²) in [7, 11) is 0. The molecule has 0 unspecified atom stereocenters. The molecule has 0 bridgehead atoms. The van der Waals surface area contributed by atoms with Gasteiger partial charge in [-0.3, -0.25) is 4.79 Å². The molecule has 3 aromatic rings. The maximum atomic E-state index is 13.0. The number of carbonyl (C=O) groups is 2. The van der Waals surface area contributed by atoms with Gasteiger partial charge >= 0.3 is 5.97 Å². The van der Waals surface area contributed by atoms with Gasteiger partial charge in [0.1, 0.15) is 10.8 Å². The summed E-state index contributed by atoms with van der Waals surface area (Å²) >= 11 is 1.25. The average Bonchev–Trinajstić information content (AvgIpc) is 3.16. The van der Waals surface area contributed by atoms with Crippen molar-refractivity contribution in [2.24, 2.45) is 0 Å². The van der Waals surface area contributed by atoms with Gasteiger partial charge in [0.25, 0.3) is 5.91 Å². The Morgan fingerprint density at radius 3 is 2.63 bits per heavy atom. The van der Waals surface area contributed by atoms with E-state index in [1.54, 1.807) is 17.5 Å². The first kappa shape index (κ1) is 18.7. The van der Waals surface area contributed by atoms with Crippen molar-refractivity contribution in [3.8, 4) is 10.6 Å². The molecular formula is C20H17FN2O3S. The van der Waals surface area contributed by atoms with Crippen LogP contribution < -0.4 is 5.32 Å². The number of aryl methyl sites for hydroxylation is 1. The number of rotatable bonds is 6. The highest BCUT2D eigenvalue weighted by atomic mass is 32.1. The molecule has 27 heavy (non-hydrogen) atoms. The number of hydrogen-bond donors (Lipinski definition) is 1. The Balaban J connectivity index is 1.51. The van der Waals surface area contributed by atoms with Gasteiger partial charge in [-0.2, -0.15) is 0 Å². The molecule has 0 fully saturated rings. The molecule has 0 aliphatic heterocycles. The lowest BCUT2D eigenvalue weighted by molar-refractivity contribution is -0.124. The lowest BCUT2D eigenvalue weighted by Crippen LogP contribution is -2.28. The van der Waals surface area contributed by atoms with Crippen molar-refractivity contribution in [3.63, 3.8) is 0 Å². The normalized spacial score (nSPS) is 10.4. The monoisotopic (exact) mass is 384 g/mol. The van der Waals surface area contributed by atoms with E-state index >= 15 is 0 Å². The van der Waals surface area contributed by atoms with E-state index in [2.05, 4.69) is 10.3 Å². The number of nitrogens with zero attached hydrogens (tertiary/aromatic N) is 1. The molecule has 3 rings (SSSR count). The van der Waals surface area contributed by atoms with Gasteiger partial charge in [-0.1, -0.05) is 24.3 Å². The maximum Gasteiger partial charge on any atom is 0.358 e. The number of benzene rings is 2. The standard InChI is InChI=1S/C20H17FN2O3S/c1-13-4-2-3-5-15(13)10-22-18(24)11-26-20(25)17-12-27-19(23-17)14-6-8-16(21)9-7-14/h2-9,12H,10-11H2,1H3,(H,22,24). The van der Waals surface area contributed by atoms with Crippen molar-refractivity contribution < 1.29 is 18.7 Å². The molecule has 0 aliphatic carbocycles. The summed E-state index contributed by atoms with van der Waals surface area (Å²) in [6.07, 6.45) is 0. The molecule has 7 heteroatoms. The summed E-state index contributed by atoms with van der Waals surface area (Å²) in [5, 5.41) is 4.84. The second-order valence-corrected chi connectivity index (χ2v) is 6.68. The van der Waals surface area contributed by atoms with Gasteiger partial charge in [-0.25, -0.2) is 14.2 Å². The van der Waals surface area contributed by atoms with Gasteiger partial charge < -0.3 is 10.1 Å². The first-order valence-electron chi connectivity index (χ1n) is 8.23. The number of esters is 1. The van der Waals surface area contributed by atoms with Crippen LogP contribution in [0, 0.1) is 12.7 Å². The molecule has 0 atom stereocenters. The molecule has 5 nitrogen and oxygen atoms in total. The van der Waals surface area contributed by atoms with Crippen LogP contribution >= 0.6 is 11.3 Å². The first-order chi connectivity index (χ1) is 13.0. The zero-order valence-corrected chi connectivity index (χ0v) is 15.4. The van der Waals surface area contributed by atoms with Gasteiger partial charge in [0.15, 0.2) is 12.3 Å². The lowest BCUT2D eigenvalue weighted by atomic mass is 10.1.